The number of carbonyl (C=O) groups excluding carboxylic acids is 1. The number of sulfone groups is 1. The van der Waals surface area contributed by atoms with E-state index in [2.05, 4.69) is 5.32 Å². The van der Waals surface area contributed by atoms with Gasteiger partial charge in [-0.3, -0.25) is 4.79 Å². The topological polar surface area (TPSA) is 119 Å². The normalized spacial score (nSPS) is 30.8. The number of nitrogens with one attached hydrogen (secondary N) is 1. The Labute approximate surface area is 151 Å². The van der Waals surface area contributed by atoms with Crippen molar-refractivity contribution in [3.63, 3.8) is 0 Å². The van der Waals surface area contributed by atoms with Crippen LogP contribution < -0.4 is 15.8 Å². The van der Waals surface area contributed by atoms with Crippen molar-refractivity contribution in [1.29, 1.82) is 0 Å². The van der Waals surface area contributed by atoms with Crippen molar-refractivity contribution in [2.45, 2.75) is 54.2 Å². The zero-order valence-electron chi connectivity index (χ0n) is 14.5. The molecule has 26 heavy (non-hydrogen) atoms. The number of aliphatic hydroxyl groups excluding tert-OH is 1. The summed E-state index contributed by atoms with van der Waals surface area (Å²) in [6.45, 7) is -0.333. The molecule has 1 aromatic carbocycles. The molecule has 3 aliphatic rings. The maximum Gasteiger partial charge on any atom is 0.258 e. The van der Waals surface area contributed by atoms with E-state index in [1.54, 1.807) is 0 Å². The zero-order chi connectivity index (χ0) is 19.2. The number of amides is 1. The number of hydrogen-bond donors (Lipinski definition) is 3. The molecule has 0 saturated heterocycles. The van der Waals surface area contributed by atoms with E-state index >= 15 is 0 Å². The van der Waals surface area contributed by atoms with Crippen molar-refractivity contribution in [3.05, 3.63) is 24.0 Å². The molecule has 7 nitrogen and oxygen atoms in total. The highest BCUT2D eigenvalue weighted by Gasteiger charge is 2.52. The second kappa shape index (κ2) is 6.47. The molecule has 0 aliphatic heterocycles. The Kier molecular flexibility index (Phi) is 4.74. The summed E-state index contributed by atoms with van der Waals surface area (Å²) in [5.41, 5.74) is 5.12. The first-order chi connectivity index (χ1) is 12.0. The highest BCUT2D eigenvalue weighted by atomic mass is 32.2. The van der Waals surface area contributed by atoms with Crippen LogP contribution in [0.3, 0.4) is 0 Å². The zero-order valence-corrected chi connectivity index (χ0v) is 15.3. The van der Waals surface area contributed by atoms with Crippen LogP contribution in [0.15, 0.2) is 23.1 Å². The third-order valence-corrected chi connectivity index (χ3v) is 6.57. The predicted molar refractivity (Wildman–Crippen MR) is 91.9 cm³/mol. The third kappa shape index (κ3) is 3.70. The Bertz CT molecular complexity index is 818. The minimum atomic E-state index is -3.73. The number of ether oxygens (including phenoxy) is 1. The van der Waals surface area contributed by atoms with E-state index in [1.165, 1.54) is 6.07 Å². The molecule has 2 bridgehead atoms. The fraction of sp³-hybridized carbons (Fsp3) is 0.588. The molecular weight excluding hydrogens is 363 g/mol. The molecule has 9 heteroatoms. The highest BCUT2D eigenvalue weighted by molar-refractivity contribution is 7.90. The van der Waals surface area contributed by atoms with Gasteiger partial charge in [-0.25, -0.2) is 12.8 Å². The summed E-state index contributed by atoms with van der Waals surface area (Å²) in [6, 6.07) is 3.31. The fourth-order valence-corrected chi connectivity index (χ4v) is 4.57. The second-order valence-corrected chi connectivity index (χ2v) is 9.42. The molecule has 1 amide bonds. The van der Waals surface area contributed by atoms with E-state index < -0.39 is 37.7 Å². The van der Waals surface area contributed by atoms with Crippen LogP contribution in [0.2, 0.25) is 0 Å². The van der Waals surface area contributed by atoms with E-state index in [4.69, 9.17) is 10.5 Å². The highest BCUT2D eigenvalue weighted by Crippen LogP contribution is 2.45. The molecule has 4 N–H and O–H groups in total. The number of nitrogens with two attached hydrogens (primary N) is 1. The summed E-state index contributed by atoms with van der Waals surface area (Å²) < 4.78 is 42.0. The van der Waals surface area contributed by atoms with Gasteiger partial charge in [0.25, 0.3) is 5.91 Å². The first-order valence-electron chi connectivity index (χ1n) is 8.43. The summed E-state index contributed by atoms with van der Waals surface area (Å²) in [7, 11) is -3.73. The van der Waals surface area contributed by atoms with E-state index in [-0.39, 0.29) is 18.3 Å². The lowest BCUT2D eigenvalue weighted by molar-refractivity contribution is -0.128. The van der Waals surface area contributed by atoms with Crippen molar-refractivity contribution < 1.29 is 27.4 Å². The van der Waals surface area contributed by atoms with Crippen LogP contribution in [0.1, 0.15) is 32.1 Å². The lowest BCUT2D eigenvalue weighted by atomic mass is 9.60. The number of hydrogen-bond acceptors (Lipinski definition) is 6. The SMILES string of the molecule is CS(=O)(=O)c1cc(OCC(=O)NC23CCC(N)(CC2)C(O)C3)ccc1F. The number of halogens is 1. The van der Waals surface area contributed by atoms with Gasteiger partial charge in [-0.1, -0.05) is 0 Å². The molecule has 1 atom stereocenters. The third-order valence-electron chi connectivity index (χ3n) is 5.46. The van der Waals surface area contributed by atoms with Crippen LogP contribution >= 0.6 is 0 Å². The predicted octanol–water partition coefficient (Wildman–Crippen LogP) is 0.499. The number of aliphatic hydroxyl groups is 1. The van der Waals surface area contributed by atoms with Gasteiger partial charge in [0.2, 0.25) is 0 Å². The van der Waals surface area contributed by atoms with Crippen molar-refractivity contribution in [3.8, 4) is 5.75 Å². The van der Waals surface area contributed by atoms with Gasteiger partial charge >= 0.3 is 0 Å². The molecule has 3 saturated carbocycles. The van der Waals surface area contributed by atoms with Gasteiger partial charge in [-0.05, 0) is 44.2 Å². The van der Waals surface area contributed by atoms with Gasteiger partial charge < -0.3 is 20.9 Å². The number of fused-ring (bicyclic) bond motifs is 3. The van der Waals surface area contributed by atoms with Gasteiger partial charge in [0, 0.05) is 23.4 Å². The smallest absolute Gasteiger partial charge is 0.258 e. The lowest BCUT2D eigenvalue weighted by Crippen LogP contribution is -2.68. The Hall–Kier alpha value is -1.71. The summed E-state index contributed by atoms with van der Waals surface area (Å²) in [4.78, 5) is 11.8. The van der Waals surface area contributed by atoms with Crippen molar-refractivity contribution in [2.24, 2.45) is 5.73 Å². The molecule has 1 unspecified atom stereocenters. The van der Waals surface area contributed by atoms with Crippen molar-refractivity contribution in [1.82, 2.24) is 5.32 Å². The molecule has 144 valence electrons. The van der Waals surface area contributed by atoms with Crippen LogP contribution in [0.5, 0.6) is 5.75 Å². The van der Waals surface area contributed by atoms with Crippen molar-refractivity contribution >= 4 is 15.7 Å². The maximum atomic E-state index is 13.6. The van der Waals surface area contributed by atoms with Gasteiger partial charge in [0.05, 0.1) is 6.10 Å². The first kappa shape index (κ1) is 19.1. The first-order valence-corrected chi connectivity index (χ1v) is 10.3. The van der Waals surface area contributed by atoms with E-state index in [0.717, 1.165) is 18.4 Å². The van der Waals surface area contributed by atoms with E-state index in [9.17, 15) is 22.7 Å². The Balaban J connectivity index is 1.62. The molecular formula is C17H23FN2O5S. The molecule has 1 aromatic rings. The van der Waals surface area contributed by atoms with E-state index in [1.807, 2.05) is 0 Å². The van der Waals surface area contributed by atoms with Crippen LogP contribution in [0.4, 0.5) is 4.39 Å². The lowest BCUT2D eigenvalue weighted by Gasteiger charge is -2.54. The Morgan fingerprint density at radius 1 is 1.38 bits per heavy atom. The number of carbonyl (C=O) groups is 1. The average Bonchev–Trinajstić information content (AvgIpc) is 2.55. The maximum absolute atomic E-state index is 13.6. The van der Waals surface area contributed by atoms with Crippen LogP contribution in [0, 0.1) is 5.82 Å². The fourth-order valence-electron chi connectivity index (χ4n) is 3.82. The summed E-state index contributed by atoms with van der Waals surface area (Å²) >= 11 is 0. The summed E-state index contributed by atoms with van der Waals surface area (Å²) in [5, 5.41) is 13.1. The van der Waals surface area contributed by atoms with E-state index in [0.29, 0.717) is 32.1 Å². The molecule has 0 aromatic heterocycles. The van der Waals surface area contributed by atoms with Gasteiger partial charge in [-0.2, -0.15) is 0 Å². The molecule has 0 spiro atoms. The molecule has 0 heterocycles. The number of rotatable bonds is 5. The summed E-state index contributed by atoms with van der Waals surface area (Å²) in [5.74, 6) is -1.16. The van der Waals surface area contributed by atoms with Gasteiger partial charge in [0.1, 0.15) is 16.5 Å². The minimum Gasteiger partial charge on any atom is -0.484 e. The van der Waals surface area contributed by atoms with Crippen LogP contribution in [-0.4, -0.2) is 49.5 Å². The quantitative estimate of drug-likeness (QED) is 0.678. The van der Waals surface area contributed by atoms with Gasteiger partial charge in [0.15, 0.2) is 16.4 Å². The minimum absolute atomic E-state index is 0.0905. The standard InChI is InChI=1S/C17H23FN2O5S/c1-26(23,24)13-8-11(2-3-12(13)18)25-10-15(22)20-16-4-6-17(19,7-5-16)14(21)9-16/h2-3,8,14,21H,4-7,9-10,19H2,1H3,(H,20,22). The Morgan fingerprint density at radius 3 is 2.62 bits per heavy atom. The molecule has 0 radical (unpaired) electrons. The monoisotopic (exact) mass is 386 g/mol. The van der Waals surface area contributed by atoms with Gasteiger partial charge in [-0.15, -0.1) is 0 Å². The average molecular weight is 386 g/mol. The molecule has 3 aliphatic carbocycles. The molecule has 4 rings (SSSR count). The second-order valence-electron chi connectivity index (χ2n) is 7.43. The van der Waals surface area contributed by atoms with Crippen LogP contribution in [-0.2, 0) is 14.6 Å². The van der Waals surface area contributed by atoms with Crippen molar-refractivity contribution in [2.75, 3.05) is 12.9 Å². The van der Waals surface area contributed by atoms with Crippen LogP contribution in [0.25, 0.3) is 0 Å². The molecule has 3 fully saturated rings. The Morgan fingerprint density at radius 2 is 2.04 bits per heavy atom. The number of benzene rings is 1. The summed E-state index contributed by atoms with van der Waals surface area (Å²) in [6.07, 6.45) is 3.33. The largest absolute Gasteiger partial charge is 0.484 e.